The molecule has 2 N–H and O–H groups in total. The van der Waals surface area contributed by atoms with Crippen molar-refractivity contribution in [3.8, 4) is 12.3 Å². The normalized spacial score (nSPS) is 10.8. The fraction of sp³-hybridized carbons (Fsp3) is 0.278. The van der Waals surface area contributed by atoms with Crippen molar-refractivity contribution in [3.63, 3.8) is 0 Å². The van der Waals surface area contributed by atoms with Gasteiger partial charge in [-0.05, 0) is 18.2 Å². The highest BCUT2D eigenvalue weighted by atomic mass is 32.1. The average Bonchev–Trinajstić information content (AvgIpc) is 3.02. The van der Waals surface area contributed by atoms with Crippen LogP contribution in [0.25, 0.3) is 0 Å². The molecule has 124 valence electrons. The fourth-order valence-corrected chi connectivity index (χ4v) is 2.77. The van der Waals surface area contributed by atoms with Crippen LogP contribution in [0.1, 0.15) is 37.0 Å². The van der Waals surface area contributed by atoms with Gasteiger partial charge < -0.3 is 10.6 Å². The number of carbonyl (C=O) groups excluding carboxylic acids is 2. The Bertz CT molecular complexity index is 797. The lowest BCUT2D eigenvalue weighted by Gasteiger charge is -2.13. The van der Waals surface area contributed by atoms with Crippen molar-refractivity contribution in [2.75, 3.05) is 5.32 Å². The number of terminal acetylenes is 1. The van der Waals surface area contributed by atoms with Gasteiger partial charge in [0, 0.05) is 22.0 Å². The van der Waals surface area contributed by atoms with Crippen molar-refractivity contribution < 1.29 is 9.59 Å². The molecule has 1 aromatic heterocycles. The Kier molecular flexibility index (Phi) is 5.37. The molecule has 0 aliphatic carbocycles. The van der Waals surface area contributed by atoms with Crippen LogP contribution in [0.3, 0.4) is 0 Å². The quantitative estimate of drug-likeness (QED) is 0.666. The van der Waals surface area contributed by atoms with E-state index in [1.165, 1.54) is 0 Å². The van der Waals surface area contributed by atoms with Gasteiger partial charge in [-0.2, -0.15) is 0 Å². The van der Waals surface area contributed by atoms with Gasteiger partial charge in [0.15, 0.2) is 0 Å². The van der Waals surface area contributed by atoms with Crippen molar-refractivity contribution in [2.45, 2.75) is 32.7 Å². The Labute approximate surface area is 145 Å². The molecule has 0 aliphatic rings. The molecular formula is C18H19N3O2S. The zero-order valence-electron chi connectivity index (χ0n) is 13.8. The summed E-state index contributed by atoms with van der Waals surface area (Å²) in [5.74, 6) is 1.02. The highest BCUT2D eigenvalue weighted by molar-refractivity contribution is 7.09. The number of nitrogens with zero attached hydrogens (tertiary/aromatic N) is 1. The molecule has 2 amide bonds. The molecule has 0 radical (unpaired) electrons. The lowest BCUT2D eigenvalue weighted by molar-refractivity contribution is -0.136. The Morgan fingerprint density at radius 2 is 2.04 bits per heavy atom. The van der Waals surface area contributed by atoms with E-state index < -0.39 is 11.8 Å². The summed E-state index contributed by atoms with van der Waals surface area (Å²) >= 11 is 1.54. The molecule has 24 heavy (non-hydrogen) atoms. The summed E-state index contributed by atoms with van der Waals surface area (Å²) in [5, 5.41) is 7.96. The minimum absolute atomic E-state index is 0.0354. The number of amides is 2. The molecule has 0 spiro atoms. The van der Waals surface area contributed by atoms with E-state index in [0.29, 0.717) is 11.3 Å². The van der Waals surface area contributed by atoms with E-state index in [1.54, 1.807) is 35.6 Å². The summed E-state index contributed by atoms with van der Waals surface area (Å²) in [6.07, 6.45) is 5.31. The highest BCUT2D eigenvalue weighted by Gasteiger charge is 2.19. The minimum atomic E-state index is -0.740. The smallest absolute Gasteiger partial charge is 0.313 e. The van der Waals surface area contributed by atoms with E-state index in [2.05, 4.69) is 42.3 Å². The van der Waals surface area contributed by atoms with Crippen LogP contribution < -0.4 is 10.6 Å². The summed E-state index contributed by atoms with van der Waals surface area (Å²) < 4.78 is 0. The van der Waals surface area contributed by atoms with Crippen LogP contribution in [0.4, 0.5) is 5.69 Å². The highest BCUT2D eigenvalue weighted by Crippen LogP contribution is 2.25. The molecule has 0 unspecified atom stereocenters. The first-order chi connectivity index (χ1) is 11.3. The molecule has 0 saturated carbocycles. The summed E-state index contributed by atoms with van der Waals surface area (Å²) in [7, 11) is 0. The van der Waals surface area contributed by atoms with Crippen LogP contribution in [0.5, 0.6) is 0 Å². The first kappa shape index (κ1) is 17.7. The van der Waals surface area contributed by atoms with Gasteiger partial charge in [-0.1, -0.05) is 32.8 Å². The lowest BCUT2D eigenvalue weighted by atomic mass is 9.98. The summed E-state index contributed by atoms with van der Waals surface area (Å²) in [4.78, 5) is 28.3. The fourth-order valence-electron chi connectivity index (χ4n) is 1.86. The molecule has 5 nitrogen and oxygen atoms in total. The number of hydrogen-bond donors (Lipinski definition) is 2. The topological polar surface area (TPSA) is 71.1 Å². The number of hydrogen-bond acceptors (Lipinski definition) is 4. The van der Waals surface area contributed by atoms with E-state index in [-0.39, 0.29) is 12.0 Å². The molecule has 0 saturated heterocycles. The van der Waals surface area contributed by atoms with Gasteiger partial charge in [-0.3, -0.25) is 9.59 Å². The summed E-state index contributed by atoms with van der Waals surface area (Å²) in [5.41, 5.74) is 1.81. The van der Waals surface area contributed by atoms with Gasteiger partial charge >= 0.3 is 11.8 Å². The standard InChI is InChI=1S/C18H19N3O2S/c1-5-12-7-6-8-13(9-12)20-16(23)15(22)19-10-14-11-24-17(21-14)18(2,3)4/h1,6-9,11H,10H2,2-4H3,(H,19,22)(H,20,23). The Morgan fingerprint density at radius 1 is 1.29 bits per heavy atom. The molecular weight excluding hydrogens is 322 g/mol. The van der Waals surface area contributed by atoms with Crippen molar-refractivity contribution in [2.24, 2.45) is 0 Å². The van der Waals surface area contributed by atoms with Gasteiger partial charge in [0.2, 0.25) is 0 Å². The number of nitrogens with one attached hydrogen (secondary N) is 2. The zero-order valence-corrected chi connectivity index (χ0v) is 14.7. The number of benzene rings is 1. The SMILES string of the molecule is C#Cc1cccc(NC(=O)C(=O)NCc2csc(C(C)(C)C)n2)c1. The molecule has 0 bridgehead atoms. The summed E-state index contributed by atoms with van der Waals surface area (Å²) in [6, 6.07) is 6.75. The van der Waals surface area contributed by atoms with Gasteiger partial charge in [-0.25, -0.2) is 4.98 Å². The number of rotatable bonds is 3. The maximum atomic E-state index is 11.9. The van der Waals surface area contributed by atoms with Gasteiger partial charge in [0.05, 0.1) is 17.2 Å². The van der Waals surface area contributed by atoms with Crippen LogP contribution in [0.2, 0.25) is 0 Å². The number of anilines is 1. The molecule has 6 heteroatoms. The maximum absolute atomic E-state index is 11.9. The third kappa shape index (κ3) is 4.67. The van der Waals surface area contributed by atoms with Crippen LogP contribution in [0, 0.1) is 12.3 Å². The average molecular weight is 341 g/mol. The van der Waals surface area contributed by atoms with E-state index in [4.69, 9.17) is 6.42 Å². The van der Waals surface area contributed by atoms with Crippen LogP contribution in [-0.4, -0.2) is 16.8 Å². The zero-order chi connectivity index (χ0) is 17.7. The first-order valence-corrected chi connectivity index (χ1v) is 8.28. The molecule has 1 heterocycles. The predicted molar refractivity (Wildman–Crippen MR) is 95.7 cm³/mol. The molecule has 0 aliphatic heterocycles. The first-order valence-electron chi connectivity index (χ1n) is 7.40. The monoisotopic (exact) mass is 341 g/mol. The summed E-state index contributed by atoms with van der Waals surface area (Å²) in [6.45, 7) is 6.44. The molecule has 2 rings (SSSR count). The Balaban J connectivity index is 1.91. The number of carbonyl (C=O) groups is 2. The van der Waals surface area contributed by atoms with E-state index >= 15 is 0 Å². The van der Waals surface area contributed by atoms with Crippen molar-refractivity contribution in [3.05, 3.63) is 45.9 Å². The number of thiazole rings is 1. The Hall–Kier alpha value is -2.65. The second-order valence-corrected chi connectivity index (χ2v) is 7.11. The van der Waals surface area contributed by atoms with E-state index in [9.17, 15) is 9.59 Å². The van der Waals surface area contributed by atoms with Gasteiger partial charge in [-0.15, -0.1) is 17.8 Å². The molecule has 2 aromatic rings. The lowest BCUT2D eigenvalue weighted by Crippen LogP contribution is -2.35. The minimum Gasteiger partial charge on any atom is -0.342 e. The largest absolute Gasteiger partial charge is 0.342 e. The van der Waals surface area contributed by atoms with Crippen molar-refractivity contribution >= 4 is 28.8 Å². The van der Waals surface area contributed by atoms with Crippen molar-refractivity contribution in [1.82, 2.24) is 10.3 Å². The van der Waals surface area contributed by atoms with E-state index in [1.807, 2.05) is 5.38 Å². The molecule has 0 fully saturated rings. The molecule has 1 aromatic carbocycles. The van der Waals surface area contributed by atoms with Crippen LogP contribution >= 0.6 is 11.3 Å². The Morgan fingerprint density at radius 3 is 2.67 bits per heavy atom. The second kappa shape index (κ2) is 7.28. The maximum Gasteiger partial charge on any atom is 0.313 e. The predicted octanol–water partition coefficient (Wildman–Crippen LogP) is 2.68. The van der Waals surface area contributed by atoms with Crippen LogP contribution in [0.15, 0.2) is 29.6 Å². The van der Waals surface area contributed by atoms with Gasteiger partial charge in [0.25, 0.3) is 0 Å². The van der Waals surface area contributed by atoms with Crippen LogP contribution in [-0.2, 0) is 21.5 Å². The third-order valence-corrected chi connectivity index (χ3v) is 4.43. The third-order valence-electron chi connectivity index (χ3n) is 3.12. The number of aromatic nitrogens is 1. The second-order valence-electron chi connectivity index (χ2n) is 6.26. The van der Waals surface area contributed by atoms with Crippen molar-refractivity contribution in [1.29, 1.82) is 0 Å². The van der Waals surface area contributed by atoms with E-state index in [0.717, 1.165) is 10.7 Å². The van der Waals surface area contributed by atoms with Gasteiger partial charge in [0.1, 0.15) is 0 Å². The molecule has 0 atom stereocenters.